The first-order valence-corrected chi connectivity index (χ1v) is 10.2. The second-order valence-electron chi connectivity index (χ2n) is 8.30. The molecule has 8 heteroatoms. The van der Waals surface area contributed by atoms with Crippen LogP contribution in [0.5, 0.6) is 0 Å². The molecule has 4 unspecified atom stereocenters. The molecular formula is C21H23N5O3. The largest absolute Gasteiger partial charge is 0.326 e. The van der Waals surface area contributed by atoms with E-state index in [1.54, 1.807) is 11.0 Å². The van der Waals surface area contributed by atoms with E-state index in [0.717, 1.165) is 24.8 Å². The van der Waals surface area contributed by atoms with E-state index in [2.05, 4.69) is 15.4 Å². The number of anilines is 1. The fraction of sp³-hybridized carbons (Fsp3) is 0.476. The highest BCUT2D eigenvalue weighted by Crippen LogP contribution is 2.56. The molecule has 2 aliphatic carbocycles. The molecule has 1 N–H and O–H groups in total. The summed E-state index contributed by atoms with van der Waals surface area (Å²) in [6.45, 7) is 0.776. The molecule has 2 aromatic rings. The third kappa shape index (κ3) is 3.22. The van der Waals surface area contributed by atoms with Gasteiger partial charge in [-0.15, -0.1) is 0 Å². The second kappa shape index (κ2) is 7.09. The van der Waals surface area contributed by atoms with Gasteiger partial charge in [0.1, 0.15) is 12.7 Å². The van der Waals surface area contributed by atoms with Crippen LogP contribution in [-0.2, 0) is 20.9 Å². The second-order valence-corrected chi connectivity index (χ2v) is 8.30. The zero-order valence-corrected chi connectivity index (χ0v) is 16.0. The summed E-state index contributed by atoms with van der Waals surface area (Å²) in [5.74, 6) is 0.181. The molecule has 1 saturated heterocycles. The molecule has 3 fully saturated rings. The van der Waals surface area contributed by atoms with Gasteiger partial charge in [0.15, 0.2) is 0 Å². The van der Waals surface area contributed by atoms with E-state index < -0.39 is 0 Å². The third-order valence-electron chi connectivity index (χ3n) is 6.63. The Morgan fingerprint density at radius 1 is 1.07 bits per heavy atom. The van der Waals surface area contributed by atoms with Crippen LogP contribution in [-0.4, -0.2) is 43.9 Å². The van der Waals surface area contributed by atoms with Crippen LogP contribution in [0.3, 0.4) is 0 Å². The Kier molecular flexibility index (Phi) is 4.41. The highest BCUT2D eigenvalue weighted by molar-refractivity contribution is 6.06. The summed E-state index contributed by atoms with van der Waals surface area (Å²) in [5.41, 5.74) is 1.73. The van der Waals surface area contributed by atoms with Gasteiger partial charge in [-0.3, -0.25) is 19.3 Å². The van der Waals surface area contributed by atoms with Crippen molar-refractivity contribution in [2.45, 2.75) is 32.2 Å². The highest BCUT2D eigenvalue weighted by atomic mass is 16.2. The van der Waals surface area contributed by atoms with Gasteiger partial charge in [0.05, 0.1) is 18.4 Å². The first-order valence-electron chi connectivity index (χ1n) is 10.2. The minimum absolute atomic E-state index is 0.0579. The van der Waals surface area contributed by atoms with E-state index in [1.165, 1.54) is 11.2 Å². The Balaban J connectivity index is 1.15. The maximum absolute atomic E-state index is 12.7. The number of nitrogens with zero attached hydrogens (tertiary/aromatic N) is 4. The van der Waals surface area contributed by atoms with Gasteiger partial charge in [-0.1, -0.05) is 12.1 Å². The quantitative estimate of drug-likeness (QED) is 0.753. The van der Waals surface area contributed by atoms with Gasteiger partial charge in [-0.2, -0.15) is 5.10 Å². The lowest BCUT2D eigenvalue weighted by Gasteiger charge is -2.19. The number of rotatable bonds is 6. The molecule has 3 aliphatic rings. The zero-order valence-electron chi connectivity index (χ0n) is 16.0. The third-order valence-corrected chi connectivity index (χ3v) is 6.63. The molecule has 0 spiro atoms. The van der Waals surface area contributed by atoms with Gasteiger partial charge >= 0.3 is 0 Å². The normalized spacial score (nSPS) is 27.5. The van der Waals surface area contributed by atoms with Crippen LogP contribution in [0.2, 0.25) is 0 Å². The van der Waals surface area contributed by atoms with Crippen molar-refractivity contribution in [3.63, 3.8) is 0 Å². The molecule has 0 radical (unpaired) electrons. The van der Waals surface area contributed by atoms with Gasteiger partial charge in [0.25, 0.3) is 0 Å². The van der Waals surface area contributed by atoms with E-state index >= 15 is 0 Å². The van der Waals surface area contributed by atoms with Crippen LogP contribution >= 0.6 is 0 Å². The van der Waals surface area contributed by atoms with E-state index in [9.17, 15) is 14.4 Å². The highest BCUT2D eigenvalue weighted by Gasteiger charge is 2.60. The molecule has 5 rings (SSSR count). The number of fused-ring (bicyclic) bond motifs is 5. The van der Waals surface area contributed by atoms with Crippen molar-refractivity contribution in [1.29, 1.82) is 0 Å². The minimum Gasteiger partial charge on any atom is -0.326 e. The molecule has 8 nitrogen and oxygen atoms in total. The summed E-state index contributed by atoms with van der Waals surface area (Å²) < 4.78 is 1.72. The van der Waals surface area contributed by atoms with Crippen molar-refractivity contribution >= 4 is 23.4 Å². The van der Waals surface area contributed by atoms with Gasteiger partial charge in [0, 0.05) is 18.7 Å². The lowest BCUT2D eigenvalue weighted by atomic mass is 9.81. The minimum atomic E-state index is -0.199. The van der Waals surface area contributed by atoms with Crippen LogP contribution in [0.4, 0.5) is 5.69 Å². The number of imide groups is 1. The van der Waals surface area contributed by atoms with E-state index in [0.29, 0.717) is 24.1 Å². The monoisotopic (exact) mass is 393 g/mol. The summed E-state index contributed by atoms with van der Waals surface area (Å²) >= 11 is 0. The van der Waals surface area contributed by atoms with Crippen LogP contribution in [0.25, 0.3) is 0 Å². The SMILES string of the molecule is O=C(CCN1C(=O)C2C3CCC(C3)C2C1=O)Nc1ccc(Cn2cncn2)cc1. The van der Waals surface area contributed by atoms with Crippen molar-refractivity contribution < 1.29 is 14.4 Å². The summed E-state index contributed by atoms with van der Waals surface area (Å²) in [6.07, 6.45) is 6.40. The summed E-state index contributed by atoms with van der Waals surface area (Å²) in [5, 5.41) is 6.91. The van der Waals surface area contributed by atoms with Gasteiger partial charge in [-0.05, 0) is 48.8 Å². The predicted molar refractivity (Wildman–Crippen MR) is 103 cm³/mol. The molecule has 2 heterocycles. The number of amides is 3. The maximum Gasteiger partial charge on any atom is 0.233 e. The summed E-state index contributed by atoms with van der Waals surface area (Å²) in [6, 6.07) is 7.50. The number of aromatic nitrogens is 3. The topological polar surface area (TPSA) is 97.2 Å². The van der Waals surface area contributed by atoms with E-state index in [-0.39, 0.29) is 42.5 Å². The fourth-order valence-corrected chi connectivity index (χ4v) is 5.32. The number of benzene rings is 1. The Morgan fingerprint density at radius 2 is 1.76 bits per heavy atom. The number of hydrogen-bond acceptors (Lipinski definition) is 5. The molecular weight excluding hydrogens is 370 g/mol. The van der Waals surface area contributed by atoms with Gasteiger partial charge in [0.2, 0.25) is 17.7 Å². The first kappa shape index (κ1) is 18.0. The summed E-state index contributed by atoms with van der Waals surface area (Å²) in [4.78, 5) is 43.0. The summed E-state index contributed by atoms with van der Waals surface area (Å²) in [7, 11) is 0. The van der Waals surface area contributed by atoms with Crippen LogP contribution in [0.15, 0.2) is 36.9 Å². The number of hydrogen-bond donors (Lipinski definition) is 1. The van der Waals surface area contributed by atoms with Gasteiger partial charge < -0.3 is 5.32 Å². The van der Waals surface area contributed by atoms with E-state index in [4.69, 9.17) is 0 Å². The number of likely N-dealkylation sites (tertiary alicyclic amines) is 1. The van der Waals surface area contributed by atoms with Crippen molar-refractivity contribution in [3.8, 4) is 0 Å². The van der Waals surface area contributed by atoms with Crippen LogP contribution in [0.1, 0.15) is 31.2 Å². The first-order chi connectivity index (χ1) is 14.1. The Labute approximate surface area is 168 Å². The van der Waals surface area contributed by atoms with E-state index in [1.807, 2.05) is 24.3 Å². The van der Waals surface area contributed by atoms with Crippen LogP contribution in [0, 0.1) is 23.7 Å². The molecule has 1 aromatic carbocycles. The number of carbonyl (C=O) groups excluding carboxylic acids is 3. The van der Waals surface area contributed by atoms with Crippen molar-refractivity contribution in [2.75, 3.05) is 11.9 Å². The molecule has 150 valence electrons. The predicted octanol–water partition coefficient (Wildman–Crippen LogP) is 1.69. The Morgan fingerprint density at radius 3 is 2.38 bits per heavy atom. The molecule has 2 bridgehead atoms. The average molecular weight is 393 g/mol. The van der Waals surface area contributed by atoms with Crippen molar-refractivity contribution in [1.82, 2.24) is 19.7 Å². The molecule has 3 amide bonds. The van der Waals surface area contributed by atoms with Crippen molar-refractivity contribution in [3.05, 3.63) is 42.5 Å². The lowest BCUT2D eigenvalue weighted by molar-refractivity contribution is -0.140. The number of nitrogens with one attached hydrogen (secondary N) is 1. The van der Waals surface area contributed by atoms with Gasteiger partial charge in [-0.25, -0.2) is 9.67 Å². The maximum atomic E-state index is 12.7. The standard InChI is InChI=1S/C21H23N5O3/c27-17(24-16-5-1-13(2-6-16)10-25-12-22-11-23-25)7-8-26-20(28)18-14-3-4-15(9-14)19(18)21(26)29/h1-2,5-6,11-12,14-15,18-19H,3-4,7-10H2,(H,24,27). The number of carbonyl (C=O) groups is 3. The molecule has 1 aliphatic heterocycles. The molecule has 2 saturated carbocycles. The Hall–Kier alpha value is -3.03. The molecule has 4 atom stereocenters. The molecule has 29 heavy (non-hydrogen) atoms. The van der Waals surface area contributed by atoms with Crippen molar-refractivity contribution in [2.24, 2.45) is 23.7 Å². The lowest BCUT2D eigenvalue weighted by Crippen LogP contribution is -2.35. The Bertz CT molecular complexity index is 912. The fourth-order valence-electron chi connectivity index (χ4n) is 5.32. The molecule has 1 aromatic heterocycles. The smallest absolute Gasteiger partial charge is 0.233 e. The average Bonchev–Trinajstić information content (AvgIpc) is 3.49. The zero-order chi connectivity index (χ0) is 20.0. The van der Waals surface area contributed by atoms with Crippen LogP contribution < -0.4 is 5.32 Å².